The number of aliphatic carboxylic acids is 2. The van der Waals surface area contributed by atoms with Crippen LogP contribution < -0.4 is 9.47 Å². The van der Waals surface area contributed by atoms with Crippen molar-refractivity contribution in [1.29, 1.82) is 0 Å². The number of benzene rings is 1. The number of carboxylic acids is 2. The number of carbonyl (C=O) groups is 4. The van der Waals surface area contributed by atoms with E-state index in [0.717, 1.165) is 0 Å². The highest BCUT2D eigenvalue weighted by Gasteiger charge is 2.35. The smallest absolute Gasteiger partial charge is 0.326 e. The van der Waals surface area contributed by atoms with Crippen LogP contribution in [-0.4, -0.2) is 82.2 Å². The molecule has 2 heterocycles. The Balaban J connectivity index is 1.57. The zero-order chi connectivity index (χ0) is 22.5. The Kier molecular flexibility index (Phi) is 6.98. The molecule has 2 unspecified atom stereocenters. The molecule has 2 N–H and O–H groups in total. The van der Waals surface area contributed by atoms with Crippen LogP contribution in [-0.2, 0) is 19.2 Å². The summed E-state index contributed by atoms with van der Waals surface area (Å²) in [5.74, 6) is -2.09. The van der Waals surface area contributed by atoms with Gasteiger partial charge in [0.1, 0.15) is 23.6 Å². The molecule has 2 fully saturated rings. The van der Waals surface area contributed by atoms with E-state index in [-0.39, 0.29) is 13.2 Å². The van der Waals surface area contributed by atoms with Gasteiger partial charge in [-0.05, 0) is 44.7 Å². The minimum Gasteiger partial charge on any atom is -0.483 e. The van der Waals surface area contributed by atoms with Crippen molar-refractivity contribution >= 4 is 23.8 Å². The Morgan fingerprint density at radius 2 is 1.29 bits per heavy atom. The van der Waals surface area contributed by atoms with Gasteiger partial charge in [0.2, 0.25) is 0 Å². The minimum absolute atomic E-state index is 0.304. The fraction of sp³-hybridized carbons (Fsp3) is 0.524. The molecule has 10 heteroatoms. The first-order valence-electron chi connectivity index (χ1n) is 10.2. The number of likely N-dealkylation sites (tertiary alicyclic amines) is 2. The average Bonchev–Trinajstić information content (AvgIpc) is 3.41. The molecule has 1 aromatic carbocycles. The summed E-state index contributed by atoms with van der Waals surface area (Å²) >= 11 is 0. The molecule has 3 rings (SSSR count). The average molecular weight is 434 g/mol. The van der Waals surface area contributed by atoms with Crippen molar-refractivity contribution < 1.29 is 38.9 Å². The van der Waals surface area contributed by atoms with E-state index in [0.29, 0.717) is 55.8 Å². The minimum atomic E-state index is -1.02. The zero-order valence-electron chi connectivity index (χ0n) is 17.3. The largest absolute Gasteiger partial charge is 0.483 e. The molecule has 0 spiro atoms. The Hall–Kier alpha value is -3.30. The Labute approximate surface area is 179 Å². The SMILES string of the molecule is Cc1c(OCC(=O)N2CCCC2C(=O)O)cccc1OCC(=O)N1CCCC1C(=O)O. The number of hydrogen-bond donors (Lipinski definition) is 2. The number of ether oxygens (including phenoxy) is 2. The second-order valence-corrected chi connectivity index (χ2v) is 7.62. The molecule has 0 saturated carbocycles. The predicted molar refractivity (Wildman–Crippen MR) is 107 cm³/mol. The molecule has 2 atom stereocenters. The van der Waals surface area contributed by atoms with E-state index in [1.54, 1.807) is 25.1 Å². The Bertz CT molecular complexity index is 805. The van der Waals surface area contributed by atoms with Gasteiger partial charge >= 0.3 is 11.9 Å². The molecule has 31 heavy (non-hydrogen) atoms. The van der Waals surface area contributed by atoms with E-state index in [1.165, 1.54) is 9.80 Å². The van der Waals surface area contributed by atoms with Crippen molar-refractivity contribution in [2.75, 3.05) is 26.3 Å². The standard InChI is InChI=1S/C21H26N2O8/c1-13-16(30-11-18(24)22-9-3-5-14(22)20(26)27)7-2-8-17(13)31-12-19(25)23-10-4-6-15(23)21(28)29/h2,7-8,14-15H,3-6,9-12H2,1H3,(H,26,27)(H,28,29). The van der Waals surface area contributed by atoms with Gasteiger partial charge in [0.15, 0.2) is 13.2 Å². The molecule has 2 aliphatic heterocycles. The van der Waals surface area contributed by atoms with Crippen LogP contribution in [0, 0.1) is 6.92 Å². The number of amides is 2. The summed E-state index contributed by atoms with van der Waals surface area (Å²) in [4.78, 5) is 49.9. The van der Waals surface area contributed by atoms with Gasteiger partial charge in [-0.25, -0.2) is 9.59 Å². The van der Waals surface area contributed by atoms with Gasteiger partial charge < -0.3 is 29.5 Å². The summed E-state index contributed by atoms with van der Waals surface area (Å²) in [5, 5.41) is 18.4. The second-order valence-electron chi connectivity index (χ2n) is 7.62. The van der Waals surface area contributed by atoms with Gasteiger partial charge in [-0.15, -0.1) is 0 Å². The molecular formula is C21H26N2O8. The van der Waals surface area contributed by atoms with E-state index >= 15 is 0 Å². The van der Waals surface area contributed by atoms with Crippen molar-refractivity contribution in [3.8, 4) is 11.5 Å². The van der Waals surface area contributed by atoms with Crippen molar-refractivity contribution in [1.82, 2.24) is 9.80 Å². The third-order valence-corrected chi connectivity index (χ3v) is 5.65. The van der Waals surface area contributed by atoms with E-state index in [4.69, 9.17) is 9.47 Å². The fourth-order valence-electron chi connectivity index (χ4n) is 4.00. The summed E-state index contributed by atoms with van der Waals surface area (Å²) in [6, 6.07) is 3.31. The molecule has 1 aromatic rings. The molecule has 168 valence electrons. The van der Waals surface area contributed by atoms with Gasteiger partial charge in [-0.1, -0.05) is 6.07 Å². The van der Waals surface area contributed by atoms with Crippen LogP contribution in [0.5, 0.6) is 11.5 Å². The van der Waals surface area contributed by atoms with Crippen LogP contribution >= 0.6 is 0 Å². The number of hydrogen-bond acceptors (Lipinski definition) is 6. The van der Waals surface area contributed by atoms with Gasteiger partial charge in [0.25, 0.3) is 11.8 Å². The van der Waals surface area contributed by atoms with Crippen LogP contribution in [0.1, 0.15) is 31.2 Å². The van der Waals surface area contributed by atoms with Crippen LogP contribution in [0.25, 0.3) is 0 Å². The third-order valence-electron chi connectivity index (χ3n) is 5.65. The van der Waals surface area contributed by atoms with Crippen molar-refractivity contribution in [2.45, 2.75) is 44.7 Å². The van der Waals surface area contributed by atoms with Gasteiger partial charge in [-0.2, -0.15) is 0 Å². The van der Waals surface area contributed by atoms with Crippen LogP contribution in [0.4, 0.5) is 0 Å². The summed E-state index contributed by atoms with van der Waals surface area (Å²) in [7, 11) is 0. The molecule has 0 aromatic heterocycles. The lowest BCUT2D eigenvalue weighted by atomic mass is 10.2. The number of carboxylic acid groups (broad SMARTS) is 2. The van der Waals surface area contributed by atoms with Crippen LogP contribution in [0.3, 0.4) is 0 Å². The monoisotopic (exact) mass is 434 g/mol. The molecule has 0 aliphatic carbocycles. The summed E-state index contributed by atoms with van der Waals surface area (Å²) in [6.45, 7) is 1.88. The van der Waals surface area contributed by atoms with Crippen LogP contribution in [0.2, 0.25) is 0 Å². The molecular weight excluding hydrogens is 408 g/mol. The molecule has 2 saturated heterocycles. The van der Waals surface area contributed by atoms with Crippen molar-refractivity contribution in [3.05, 3.63) is 23.8 Å². The molecule has 2 amide bonds. The first-order chi connectivity index (χ1) is 14.8. The lowest BCUT2D eigenvalue weighted by molar-refractivity contribution is -0.149. The van der Waals surface area contributed by atoms with E-state index in [9.17, 15) is 29.4 Å². The summed E-state index contributed by atoms with van der Waals surface area (Å²) < 4.78 is 11.2. The number of rotatable bonds is 8. The summed E-state index contributed by atoms with van der Waals surface area (Å²) in [6.07, 6.45) is 2.13. The van der Waals surface area contributed by atoms with E-state index < -0.39 is 35.8 Å². The van der Waals surface area contributed by atoms with Crippen molar-refractivity contribution in [3.63, 3.8) is 0 Å². The van der Waals surface area contributed by atoms with Gasteiger partial charge in [0, 0.05) is 18.7 Å². The van der Waals surface area contributed by atoms with E-state index in [2.05, 4.69) is 0 Å². The first kappa shape index (κ1) is 22.4. The number of nitrogens with zero attached hydrogens (tertiary/aromatic N) is 2. The molecule has 10 nitrogen and oxygen atoms in total. The van der Waals surface area contributed by atoms with Crippen LogP contribution in [0.15, 0.2) is 18.2 Å². The topological polar surface area (TPSA) is 134 Å². The fourth-order valence-corrected chi connectivity index (χ4v) is 4.00. The highest BCUT2D eigenvalue weighted by molar-refractivity contribution is 5.86. The molecule has 2 aliphatic rings. The van der Waals surface area contributed by atoms with Gasteiger partial charge in [-0.3, -0.25) is 9.59 Å². The third kappa shape index (κ3) is 5.07. The lowest BCUT2D eigenvalue weighted by Gasteiger charge is -2.22. The molecule has 0 bridgehead atoms. The second kappa shape index (κ2) is 9.67. The van der Waals surface area contributed by atoms with E-state index in [1.807, 2.05) is 0 Å². The maximum absolute atomic E-state index is 12.4. The quantitative estimate of drug-likeness (QED) is 0.617. The highest BCUT2D eigenvalue weighted by Crippen LogP contribution is 2.28. The van der Waals surface area contributed by atoms with Crippen molar-refractivity contribution in [2.24, 2.45) is 0 Å². The normalized spacial score (nSPS) is 20.5. The van der Waals surface area contributed by atoms with Gasteiger partial charge in [0.05, 0.1) is 0 Å². The molecule has 0 radical (unpaired) electrons. The lowest BCUT2D eigenvalue weighted by Crippen LogP contribution is -2.42. The predicted octanol–water partition coefficient (Wildman–Crippen LogP) is 0.904. The maximum Gasteiger partial charge on any atom is 0.326 e. The first-order valence-corrected chi connectivity index (χ1v) is 10.2. The Morgan fingerprint density at radius 3 is 1.68 bits per heavy atom. The number of carbonyl (C=O) groups excluding carboxylic acids is 2. The summed E-state index contributed by atoms with van der Waals surface area (Å²) in [5.41, 5.74) is 0.579. The highest BCUT2D eigenvalue weighted by atomic mass is 16.5. The maximum atomic E-state index is 12.4. The zero-order valence-corrected chi connectivity index (χ0v) is 17.3. The Morgan fingerprint density at radius 1 is 0.871 bits per heavy atom.